The fraction of sp³-hybridized carbons (Fsp3) is 0.444. The van der Waals surface area contributed by atoms with Crippen LogP contribution < -0.4 is 10.1 Å². The lowest BCUT2D eigenvalue weighted by Crippen LogP contribution is -2.57. The van der Waals surface area contributed by atoms with Crippen molar-refractivity contribution in [1.29, 1.82) is 0 Å². The molecule has 9 heteroatoms. The fourth-order valence-electron chi connectivity index (χ4n) is 3.62. The topological polar surface area (TPSA) is 54.5 Å². The number of nitrogens with one attached hydrogen (secondary N) is 1. The van der Waals surface area contributed by atoms with Crippen molar-refractivity contribution in [3.63, 3.8) is 0 Å². The van der Waals surface area contributed by atoms with Crippen LogP contribution in [-0.2, 0) is 6.18 Å². The highest BCUT2D eigenvalue weighted by Gasteiger charge is 2.35. The van der Waals surface area contributed by atoms with Gasteiger partial charge in [0.25, 0.3) is 5.91 Å². The van der Waals surface area contributed by atoms with Gasteiger partial charge in [-0.05, 0) is 67.6 Å². The molecule has 0 unspecified atom stereocenters. The molecule has 4 heterocycles. The number of hydrogen-bond acceptors (Lipinski definition) is 5. The smallest absolute Gasteiger partial charge is 0.427 e. The summed E-state index contributed by atoms with van der Waals surface area (Å²) >= 11 is 0.341. The molecule has 3 aliphatic heterocycles. The van der Waals surface area contributed by atoms with Crippen molar-refractivity contribution < 1.29 is 22.7 Å². The zero-order valence-electron chi connectivity index (χ0n) is 14.3. The van der Waals surface area contributed by atoms with Gasteiger partial charge in [0.05, 0.1) is 0 Å². The van der Waals surface area contributed by atoms with Crippen LogP contribution in [0.15, 0.2) is 30.3 Å². The Morgan fingerprint density at radius 3 is 2.48 bits per heavy atom. The first-order chi connectivity index (χ1) is 12.9. The van der Waals surface area contributed by atoms with Crippen molar-refractivity contribution in [2.75, 3.05) is 19.6 Å². The van der Waals surface area contributed by atoms with Crippen LogP contribution in [0.5, 0.6) is 11.6 Å². The first-order valence-electron chi connectivity index (χ1n) is 8.73. The van der Waals surface area contributed by atoms with Gasteiger partial charge in [0.15, 0.2) is 0 Å². The van der Waals surface area contributed by atoms with E-state index in [1.54, 1.807) is 24.3 Å². The lowest BCUT2D eigenvalue weighted by molar-refractivity contribution is -0.134. The molecular weight excluding hydrogens is 379 g/mol. The van der Waals surface area contributed by atoms with Crippen molar-refractivity contribution in [3.8, 4) is 11.6 Å². The molecule has 0 radical (unpaired) electrons. The highest BCUT2D eigenvalue weighted by atomic mass is 32.1. The number of benzene rings is 1. The molecule has 3 saturated heterocycles. The minimum absolute atomic E-state index is 0.114. The highest BCUT2D eigenvalue weighted by Crippen LogP contribution is 2.35. The van der Waals surface area contributed by atoms with Gasteiger partial charge in [-0.25, -0.2) is 0 Å². The molecule has 5 rings (SSSR count). The van der Waals surface area contributed by atoms with Gasteiger partial charge in [-0.2, -0.15) is 17.5 Å². The van der Waals surface area contributed by atoms with Crippen LogP contribution in [0, 0.1) is 5.92 Å². The van der Waals surface area contributed by atoms with Crippen LogP contribution in [0.2, 0.25) is 0 Å². The molecule has 2 aromatic rings. The Labute approximate surface area is 158 Å². The zero-order valence-corrected chi connectivity index (χ0v) is 15.1. The molecule has 1 amide bonds. The van der Waals surface area contributed by atoms with Gasteiger partial charge >= 0.3 is 6.18 Å². The van der Waals surface area contributed by atoms with Gasteiger partial charge in [-0.1, -0.05) is 0 Å². The third-order valence-corrected chi connectivity index (χ3v) is 5.90. The third-order valence-electron chi connectivity index (χ3n) is 5.08. The largest absolute Gasteiger partial charge is 0.438 e. The van der Waals surface area contributed by atoms with Crippen LogP contribution >= 0.6 is 11.5 Å². The summed E-state index contributed by atoms with van der Waals surface area (Å²) in [5.41, 5.74) is 0.494. The monoisotopic (exact) mass is 397 g/mol. The number of carbonyl (C=O) groups excluding carboxylic acids is 1. The van der Waals surface area contributed by atoms with Gasteiger partial charge in [0.2, 0.25) is 5.88 Å². The maximum atomic E-state index is 12.6. The predicted octanol–water partition coefficient (Wildman–Crippen LogP) is 3.78. The second-order valence-electron chi connectivity index (χ2n) is 6.87. The SMILES string of the molecule is O=C(N[C@H]1CN2CCC1CC2)c1ccc(Oc2cc(C(F)(F)F)sn2)cc1. The van der Waals surface area contributed by atoms with Crippen molar-refractivity contribution in [1.82, 2.24) is 14.6 Å². The van der Waals surface area contributed by atoms with Crippen LogP contribution in [-0.4, -0.2) is 40.9 Å². The second kappa shape index (κ2) is 7.12. The summed E-state index contributed by atoms with van der Waals surface area (Å²) in [5.74, 6) is 0.604. The lowest BCUT2D eigenvalue weighted by Gasteiger charge is -2.44. The van der Waals surface area contributed by atoms with Crippen LogP contribution in [0.3, 0.4) is 0 Å². The number of piperidine rings is 3. The van der Waals surface area contributed by atoms with E-state index in [0.717, 1.165) is 38.5 Å². The van der Waals surface area contributed by atoms with E-state index in [1.165, 1.54) is 0 Å². The Balaban J connectivity index is 1.37. The molecule has 1 aromatic heterocycles. The molecule has 0 aliphatic carbocycles. The number of aromatic nitrogens is 1. The molecule has 1 aromatic carbocycles. The van der Waals surface area contributed by atoms with E-state index in [-0.39, 0.29) is 17.8 Å². The number of hydrogen-bond donors (Lipinski definition) is 1. The first kappa shape index (κ1) is 18.2. The van der Waals surface area contributed by atoms with Gasteiger partial charge in [0, 0.05) is 24.2 Å². The standard InChI is InChI=1S/C18H18F3N3O2S/c19-18(20,21)15-9-16(23-27-15)26-13-3-1-12(2-4-13)17(25)22-14-10-24-7-5-11(14)6-8-24/h1-4,9,11,14H,5-8,10H2,(H,22,25)/t14-/m0/s1. The van der Waals surface area contributed by atoms with Crippen molar-refractivity contribution in [2.45, 2.75) is 25.1 Å². The maximum Gasteiger partial charge on any atom is 0.427 e. The molecule has 3 fully saturated rings. The molecule has 3 aliphatic rings. The average molecular weight is 397 g/mol. The van der Waals surface area contributed by atoms with E-state index < -0.39 is 11.1 Å². The van der Waals surface area contributed by atoms with E-state index in [1.807, 2.05) is 0 Å². The van der Waals surface area contributed by atoms with E-state index in [0.29, 0.717) is 28.8 Å². The minimum Gasteiger partial charge on any atom is -0.438 e. The number of amides is 1. The Bertz CT molecular complexity index is 814. The molecule has 1 atom stereocenters. The van der Waals surface area contributed by atoms with Gasteiger partial charge in [-0.15, -0.1) is 0 Å². The Morgan fingerprint density at radius 2 is 1.93 bits per heavy atom. The summed E-state index contributed by atoms with van der Waals surface area (Å²) in [6.07, 6.45) is -2.20. The maximum absolute atomic E-state index is 12.6. The van der Waals surface area contributed by atoms with Gasteiger partial charge < -0.3 is 15.0 Å². The summed E-state index contributed by atoms with van der Waals surface area (Å²) in [7, 11) is 0. The minimum atomic E-state index is -4.43. The number of alkyl halides is 3. The number of fused-ring (bicyclic) bond motifs is 3. The summed E-state index contributed by atoms with van der Waals surface area (Å²) in [6, 6.07) is 7.34. The fourth-order valence-corrected chi connectivity index (χ4v) is 4.15. The number of carbonyl (C=O) groups is 1. The molecule has 5 nitrogen and oxygen atoms in total. The Kier molecular flexibility index (Phi) is 4.81. The molecule has 27 heavy (non-hydrogen) atoms. The Morgan fingerprint density at radius 1 is 1.22 bits per heavy atom. The quantitative estimate of drug-likeness (QED) is 0.853. The third kappa shape index (κ3) is 4.08. The zero-order chi connectivity index (χ0) is 19.0. The lowest BCUT2D eigenvalue weighted by atomic mass is 9.84. The van der Waals surface area contributed by atoms with Crippen LogP contribution in [0.1, 0.15) is 28.1 Å². The van der Waals surface area contributed by atoms with Gasteiger partial charge in [-0.3, -0.25) is 4.79 Å². The number of nitrogens with zero attached hydrogens (tertiary/aromatic N) is 2. The normalized spacial score (nSPS) is 24.6. The number of ether oxygens (including phenoxy) is 1. The van der Waals surface area contributed by atoms with E-state index in [9.17, 15) is 18.0 Å². The summed E-state index contributed by atoms with van der Waals surface area (Å²) in [6.45, 7) is 3.11. The Hall–Kier alpha value is -2.13. The van der Waals surface area contributed by atoms with E-state index in [2.05, 4.69) is 14.6 Å². The molecule has 0 spiro atoms. The predicted molar refractivity (Wildman–Crippen MR) is 94.1 cm³/mol. The van der Waals surface area contributed by atoms with Crippen LogP contribution in [0.25, 0.3) is 0 Å². The number of rotatable bonds is 4. The van der Waals surface area contributed by atoms with Crippen LogP contribution in [0.4, 0.5) is 13.2 Å². The second-order valence-corrected chi connectivity index (χ2v) is 7.68. The van der Waals surface area contributed by atoms with Gasteiger partial charge in [0.1, 0.15) is 10.6 Å². The number of halogens is 3. The average Bonchev–Trinajstić information content (AvgIpc) is 3.12. The van der Waals surface area contributed by atoms with E-state index >= 15 is 0 Å². The summed E-state index contributed by atoms with van der Waals surface area (Å²) in [5, 5.41) is 3.10. The van der Waals surface area contributed by atoms with Crippen molar-refractivity contribution in [2.24, 2.45) is 5.92 Å². The molecule has 0 saturated carbocycles. The first-order valence-corrected chi connectivity index (χ1v) is 9.51. The molecule has 144 valence electrons. The highest BCUT2D eigenvalue weighted by molar-refractivity contribution is 7.06. The summed E-state index contributed by atoms with van der Waals surface area (Å²) < 4.78 is 46.8. The molecular formula is C18H18F3N3O2S. The van der Waals surface area contributed by atoms with E-state index in [4.69, 9.17) is 4.74 Å². The summed E-state index contributed by atoms with van der Waals surface area (Å²) in [4.78, 5) is 14.0. The molecule has 1 N–H and O–H groups in total. The molecule has 2 bridgehead atoms. The van der Waals surface area contributed by atoms with Crippen molar-refractivity contribution >= 4 is 17.4 Å². The van der Waals surface area contributed by atoms with Crippen molar-refractivity contribution in [3.05, 3.63) is 40.8 Å².